The van der Waals surface area contributed by atoms with Gasteiger partial charge in [-0.25, -0.2) is 26.5 Å². The summed E-state index contributed by atoms with van der Waals surface area (Å²) in [4.78, 5) is 16.2. The van der Waals surface area contributed by atoms with Gasteiger partial charge in [0.2, 0.25) is 0 Å². The second-order valence-electron chi connectivity index (χ2n) is 6.93. The predicted molar refractivity (Wildman–Crippen MR) is 106 cm³/mol. The van der Waals surface area contributed by atoms with Crippen molar-refractivity contribution in [3.05, 3.63) is 77.2 Å². The number of amides is 1. The summed E-state index contributed by atoms with van der Waals surface area (Å²) in [6.07, 6.45) is 6.96. The monoisotopic (exact) mass is 452 g/mol. The smallest absolute Gasteiger partial charge is 0.257 e. The fourth-order valence-corrected chi connectivity index (χ4v) is 4.30. The van der Waals surface area contributed by atoms with E-state index in [1.165, 1.54) is 6.21 Å². The Bertz CT molecular complexity index is 1110. The van der Waals surface area contributed by atoms with Gasteiger partial charge in [-0.3, -0.25) is 9.79 Å². The highest BCUT2D eigenvalue weighted by Gasteiger charge is 2.30. The first-order valence-corrected chi connectivity index (χ1v) is 10.4. The minimum Gasteiger partial charge on any atom is -0.369 e. The van der Waals surface area contributed by atoms with Crippen molar-refractivity contribution in [1.82, 2.24) is 15.4 Å². The van der Waals surface area contributed by atoms with Gasteiger partial charge >= 0.3 is 0 Å². The van der Waals surface area contributed by atoms with Gasteiger partial charge in [0, 0.05) is 12.1 Å². The molecule has 0 spiro atoms. The molecule has 31 heavy (non-hydrogen) atoms. The topological polar surface area (TPSA) is 82.6 Å². The van der Waals surface area contributed by atoms with E-state index < -0.39 is 56.8 Å². The Morgan fingerprint density at radius 2 is 2.03 bits per heavy atom. The van der Waals surface area contributed by atoms with Gasteiger partial charge in [0.25, 0.3) is 5.91 Å². The van der Waals surface area contributed by atoms with Gasteiger partial charge in [-0.05, 0) is 36.9 Å². The molecular weight excluding hydrogens is 436 g/mol. The average Bonchev–Trinajstić information content (AvgIpc) is 3.22. The van der Waals surface area contributed by atoms with Gasteiger partial charge in [0.1, 0.15) is 46.1 Å². The second-order valence-corrected chi connectivity index (χ2v) is 8.14. The highest BCUT2D eigenvalue weighted by atomic mass is 32.2. The molecule has 0 bridgehead atoms. The highest BCUT2D eigenvalue weighted by molar-refractivity contribution is 7.83. The maximum atomic E-state index is 14.9. The number of nitrogens with zero attached hydrogens (tertiary/aromatic N) is 1. The molecule has 4 atom stereocenters. The third-order valence-electron chi connectivity index (χ3n) is 4.86. The van der Waals surface area contributed by atoms with Crippen LogP contribution in [0.3, 0.4) is 0 Å². The minimum atomic E-state index is -2.32. The number of hydrogen-bond acceptors (Lipinski definition) is 4. The normalized spacial score (nSPS) is 25.5. The first-order chi connectivity index (χ1) is 14.8. The number of nitrogens with one attached hydrogen (secondary N) is 3. The first kappa shape index (κ1) is 21.2. The van der Waals surface area contributed by atoms with Crippen molar-refractivity contribution >= 4 is 23.1 Å². The van der Waals surface area contributed by atoms with Crippen molar-refractivity contribution in [3.63, 3.8) is 0 Å². The molecule has 0 saturated carbocycles. The van der Waals surface area contributed by atoms with Crippen molar-refractivity contribution in [2.45, 2.75) is 23.5 Å². The molecular formula is C20H16F4N4O2S. The van der Waals surface area contributed by atoms with Gasteiger partial charge in [-0.1, -0.05) is 12.2 Å². The Morgan fingerprint density at radius 3 is 2.84 bits per heavy atom. The van der Waals surface area contributed by atoms with Gasteiger partial charge < -0.3 is 10.6 Å². The lowest BCUT2D eigenvalue weighted by atomic mass is 10.0. The molecule has 1 aromatic rings. The van der Waals surface area contributed by atoms with Crippen LogP contribution in [0.25, 0.3) is 0 Å². The summed E-state index contributed by atoms with van der Waals surface area (Å²) in [5, 5.41) is 5.15. The van der Waals surface area contributed by atoms with Crippen LogP contribution in [-0.4, -0.2) is 28.5 Å². The molecule has 4 unspecified atom stereocenters. The Labute approximate surface area is 177 Å². The van der Waals surface area contributed by atoms with Gasteiger partial charge in [-0.2, -0.15) is 0 Å². The number of carbonyl (C=O) groups excluding carboxylic acids is 1. The molecule has 0 fully saturated rings. The summed E-state index contributed by atoms with van der Waals surface area (Å²) in [6.45, 7) is 0. The molecule has 3 N–H and O–H groups in total. The van der Waals surface area contributed by atoms with E-state index in [-0.39, 0.29) is 24.1 Å². The summed E-state index contributed by atoms with van der Waals surface area (Å²) >= 11 is 0. The molecule has 11 heteroatoms. The van der Waals surface area contributed by atoms with Crippen LogP contribution >= 0.6 is 0 Å². The highest BCUT2D eigenvalue weighted by Crippen LogP contribution is 2.28. The molecule has 2 aliphatic heterocycles. The third-order valence-corrected chi connectivity index (χ3v) is 6.07. The standard InChI is InChI=1S/C20H16F4N4O2S/c21-12-1-2-13(22)16(8-12)31(30)28-15-4-3-14(23)18(17(15)24)27-20(29)11-7-10-5-6-25-19(10)26-9-11/h1-3,5-10,15,19,25,28H,4H2,(H,27,29). The van der Waals surface area contributed by atoms with E-state index in [9.17, 15) is 26.6 Å². The molecule has 2 heterocycles. The van der Waals surface area contributed by atoms with E-state index in [2.05, 4.69) is 20.3 Å². The lowest BCUT2D eigenvalue weighted by molar-refractivity contribution is -0.116. The van der Waals surface area contributed by atoms with Crippen LogP contribution in [0, 0.1) is 17.6 Å². The zero-order valence-corrected chi connectivity index (χ0v) is 16.6. The molecule has 0 saturated heterocycles. The average molecular weight is 452 g/mol. The number of allylic oxidation sites excluding steroid dienone is 1. The summed E-state index contributed by atoms with van der Waals surface area (Å²) in [6, 6.07) is 1.04. The summed E-state index contributed by atoms with van der Waals surface area (Å²) in [5.74, 6) is -4.81. The van der Waals surface area contributed by atoms with Crippen molar-refractivity contribution in [3.8, 4) is 0 Å². The molecule has 1 aromatic carbocycles. The molecule has 6 nitrogen and oxygen atoms in total. The van der Waals surface area contributed by atoms with Crippen molar-refractivity contribution in [2.24, 2.45) is 10.9 Å². The molecule has 0 radical (unpaired) electrons. The fourth-order valence-electron chi connectivity index (χ4n) is 3.25. The Balaban J connectivity index is 1.51. The van der Waals surface area contributed by atoms with Crippen molar-refractivity contribution in [2.75, 3.05) is 0 Å². The maximum Gasteiger partial charge on any atom is 0.257 e. The molecule has 0 aromatic heterocycles. The second kappa shape index (κ2) is 8.60. The van der Waals surface area contributed by atoms with E-state index in [1.807, 2.05) is 0 Å². The number of halogens is 4. The SMILES string of the molecule is O=C(NC1=C(F)C(NS(=O)c2cc(F)ccc2F)CC=C1F)C1=CC2C=CNC2N=C1. The van der Waals surface area contributed by atoms with E-state index in [1.54, 1.807) is 18.4 Å². The van der Waals surface area contributed by atoms with Crippen LogP contribution in [0.15, 0.2) is 75.4 Å². The number of aliphatic imine (C=N–C) groups is 1. The Morgan fingerprint density at radius 1 is 1.23 bits per heavy atom. The lowest BCUT2D eigenvalue weighted by Crippen LogP contribution is -2.37. The van der Waals surface area contributed by atoms with Gasteiger partial charge in [0.15, 0.2) is 0 Å². The lowest BCUT2D eigenvalue weighted by Gasteiger charge is -2.23. The maximum absolute atomic E-state index is 14.9. The quantitative estimate of drug-likeness (QED) is 0.601. The zero-order valence-electron chi connectivity index (χ0n) is 15.7. The van der Waals surface area contributed by atoms with Crippen LogP contribution < -0.4 is 15.4 Å². The number of fused-ring (bicyclic) bond motifs is 1. The van der Waals surface area contributed by atoms with E-state index in [0.717, 1.165) is 24.3 Å². The fraction of sp³-hybridized carbons (Fsp3) is 0.200. The molecule has 3 aliphatic rings. The molecule has 162 valence electrons. The van der Waals surface area contributed by atoms with Crippen molar-refractivity contribution in [1.29, 1.82) is 0 Å². The summed E-state index contributed by atoms with van der Waals surface area (Å²) in [7, 11) is -2.32. The summed E-state index contributed by atoms with van der Waals surface area (Å²) in [5.41, 5.74) is -0.592. The molecule has 1 amide bonds. The van der Waals surface area contributed by atoms with Crippen LogP contribution in [0.1, 0.15) is 6.42 Å². The number of rotatable bonds is 5. The van der Waals surface area contributed by atoms with Crippen LogP contribution in [0.5, 0.6) is 0 Å². The predicted octanol–water partition coefficient (Wildman–Crippen LogP) is 2.57. The minimum absolute atomic E-state index is 0.128. The van der Waals surface area contributed by atoms with E-state index in [4.69, 9.17) is 0 Å². The number of dihydropyridines is 1. The molecule has 4 rings (SSSR count). The Kier molecular flexibility index (Phi) is 5.88. The van der Waals surface area contributed by atoms with E-state index in [0.29, 0.717) is 0 Å². The van der Waals surface area contributed by atoms with Gasteiger partial charge in [-0.15, -0.1) is 0 Å². The number of carbonyl (C=O) groups is 1. The van der Waals surface area contributed by atoms with E-state index >= 15 is 0 Å². The number of hydrogen-bond donors (Lipinski definition) is 3. The third kappa shape index (κ3) is 4.37. The van der Waals surface area contributed by atoms with Crippen LogP contribution in [-0.2, 0) is 15.8 Å². The summed E-state index contributed by atoms with van der Waals surface area (Å²) < 4.78 is 71.0. The largest absolute Gasteiger partial charge is 0.369 e. The number of benzene rings is 1. The van der Waals surface area contributed by atoms with Crippen LogP contribution in [0.2, 0.25) is 0 Å². The van der Waals surface area contributed by atoms with Gasteiger partial charge in [0.05, 0.1) is 16.5 Å². The zero-order chi connectivity index (χ0) is 22.1. The van der Waals surface area contributed by atoms with Crippen molar-refractivity contribution < 1.29 is 26.6 Å². The Hall–Kier alpha value is -3.05. The molecule has 1 aliphatic carbocycles. The first-order valence-electron chi connectivity index (χ1n) is 9.21. The van der Waals surface area contributed by atoms with Crippen LogP contribution in [0.4, 0.5) is 17.6 Å².